The first kappa shape index (κ1) is 16.7. The molecule has 0 saturated heterocycles. The van der Waals surface area contributed by atoms with Crippen molar-refractivity contribution in [2.75, 3.05) is 12.4 Å². The van der Waals surface area contributed by atoms with Crippen LogP contribution in [0.1, 0.15) is 12.1 Å². The molecular weight excluding hydrogens is 308 g/mol. The summed E-state index contributed by atoms with van der Waals surface area (Å²) in [5.41, 5.74) is 1.40. The number of nitrogens with one attached hydrogen (secondary N) is 1. The van der Waals surface area contributed by atoms with Gasteiger partial charge in [-0.15, -0.1) is 0 Å². The predicted molar refractivity (Wildman–Crippen MR) is 79.8 cm³/mol. The summed E-state index contributed by atoms with van der Waals surface area (Å²) >= 11 is 0. The van der Waals surface area contributed by atoms with E-state index < -0.39 is 6.61 Å². The van der Waals surface area contributed by atoms with E-state index in [2.05, 4.69) is 15.2 Å². The number of hydrogen-bond acceptors (Lipinski definition) is 4. The van der Waals surface area contributed by atoms with Crippen LogP contribution in [0.15, 0.2) is 30.5 Å². The fourth-order valence-corrected chi connectivity index (χ4v) is 2.00. The molecule has 1 amide bonds. The maximum Gasteiger partial charge on any atom is 0.387 e. The quantitative estimate of drug-likeness (QED) is 0.850. The van der Waals surface area contributed by atoms with Crippen LogP contribution in [0.4, 0.5) is 14.5 Å². The molecule has 23 heavy (non-hydrogen) atoms. The molecule has 1 N–H and O–H groups in total. The van der Waals surface area contributed by atoms with E-state index in [0.717, 1.165) is 5.69 Å². The fourth-order valence-electron chi connectivity index (χ4n) is 2.00. The predicted octanol–water partition coefficient (Wildman–Crippen LogP) is 2.83. The second-order valence-electron chi connectivity index (χ2n) is 4.74. The lowest BCUT2D eigenvalue weighted by Gasteiger charge is -2.12. The highest BCUT2D eigenvalue weighted by molar-refractivity contribution is 5.91. The van der Waals surface area contributed by atoms with Crippen LogP contribution in [0.25, 0.3) is 0 Å². The van der Waals surface area contributed by atoms with Gasteiger partial charge >= 0.3 is 6.61 Å². The normalized spacial score (nSPS) is 10.7. The maximum absolute atomic E-state index is 12.3. The van der Waals surface area contributed by atoms with Crippen molar-refractivity contribution in [1.82, 2.24) is 9.78 Å². The summed E-state index contributed by atoms with van der Waals surface area (Å²) in [5, 5.41) is 6.77. The number of rotatable bonds is 7. The van der Waals surface area contributed by atoms with E-state index in [1.807, 2.05) is 13.0 Å². The van der Waals surface area contributed by atoms with E-state index in [-0.39, 0.29) is 23.8 Å². The van der Waals surface area contributed by atoms with Crippen LogP contribution in [0.3, 0.4) is 0 Å². The van der Waals surface area contributed by atoms with Crippen LogP contribution in [0.2, 0.25) is 0 Å². The second kappa shape index (κ2) is 7.57. The van der Waals surface area contributed by atoms with Gasteiger partial charge in [-0.05, 0) is 25.1 Å². The molecule has 1 aromatic heterocycles. The fraction of sp³-hybridized carbons (Fsp3) is 0.333. The van der Waals surface area contributed by atoms with Crippen LogP contribution in [0, 0.1) is 6.92 Å². The van der Waals surface area contributed by atoms with Crippen molar-refractivity contribution in [2.24, 2.45) is 0 Å². The molecule has 0 fully saturated rings. The highest BCUT2D eigenvalue weighted by atomic mass is 19.3. The Labute approximate surface area is 132 Å². The van der Waals surface area contributed by atoms with Crippen LogP contribution in [-0.2, 0) is 11.3 Å². The van der Waals surface area contributed by atoms with Gasteiger partial charge in [0.15, 0.2) is 11.5 Å². The molecule has 2 rings (SSSR count). The van der Waals surface area contributed by atoms with Gasteiger partial charge in [0.2, 0.25) is 5.91 Å². The van der Waals surface area contributed by atoms with Crippen LogP contribution < -0.4 is 14.8 Å². The molecule has 6 nitrogen and oxygen atoms in total. The number of methoxy groups -OCH3 is 1. The summed E-state index contributed by atoms with van der Waals surface area (Å²) in [6.07, 6.45) is 1.90. The summed E-state index contributed by atoms with van der Waals surface area (Å²) < 4.78 is 35.5. The molecule has 0 unspecified atom stereocenters. The van der Waals surface area contributed by atoms with E-state index in [1.165, 1.54) is 25.3 Å². The number of ether oxygens (including phenoxy) is 2. The molecule has 0 aliphatic heterocycles. The van der Waals surface area contributed by atoms with Gasteiger partial charge < -0.3 is 14.8 Å². The van der Waals surface area contributed by atoms with Crippen molar-refractivity contribution in [3.05, 3.63) is 36.2 Å². The molecule has 0 aliphatic rings. The lowest BCUT2D eigenvalue weighted by Crippen LogP contribution is -2.15. The molecule has 8 heteroatoms. The van der Waals surface area contributed by atoms with Crippen molar-refractivity contribution in [2.45, 2.75) is 26.5 Å². The standard InChI is InChI=1S/C15H17F2N3O3/c1-10-5-7-18-20(10)8-6-14(21)19-11-3-4-12(23-15(16)17)13(9-11)22-2/h3-5,7,9,15H,6,8H2,1-2H3,(H,19,21). The lowest BCUT2D eigenvalue weighted by atomic mass is 10.2. The van der Waals surface area contributed by atoms with Gasteiger partial charge in [-0.2, -0.15) is 13.9 Å². The number of carbonyl (C=O) groups excluding carboxylic acids is 1. The first-order chi connectivity index (χ1) is 11.0. The number of alkyl halides is 2. The Morgan fingerprint density at radius 2 is 2.13 bits per heavy atom. The molecule has 0 aliphatic carbocycles. The minimum absolute atomic E-state index is 0.0901. The zero-order chi connectivity index (χ0) is 16.8. The van der Waals surface area contributed by atoms with Gasteiger partial charge in [-0.25, -0.2) is 0 Å². The summed E-state index contributed by atoms with van der Waals surface area (Å²) in [6.45, 7) is -0.590. The van der Waals surface area contributed by atoms with Crippen molar-refractivity contribution in [3.8, 4) is 11.5 Å². The molecule has 2 aromatic rings. The number of aromatic nitrogens is 2. The first-order valence-electron chi connectivity index (χ1n) is 6.90. The summed E-state index contributed by atoms with van der Waals surface area (Å²) in [7, 11) is 1.33. The van der Waals surface area contributed by atoms with Crippen LogP contribution >= 0.6 is 0 Å². The Balaban J connectivity index is 1.96. The van der Waals surface area contributed by atoms with Crippen molar-refractivity contribution >= 4 is 11.6 Å². The van der Waals surface area contributed by atoms with E-state index in [0.29, 0.717) is 12.2 Å². The zero-order valence-corrected chi connectivity index (χ0v) is 12.8. The Morgan fingerprint density at radius 1 is 1.35 bits per heavy atom. The molecule has 124 valence electrons. The van der Waals surface area contributed by atoms with E-state index in [1.54, 1.807) is 10.9 Å². The maximum atomic E-state index is 12.3. The minimum atomic E-state index is -2.94. The number of nitrogens with zero attached hydrogens (tertiary/aromatic N) is 2. The molecule has 0 spiro atoms. The Morgan fingerprint density at radius 3 is 2.74 bits per heavy atom. The molecule has 1 heterocycles. The number of anilines is 1. The van der Waals surface area contributed by atoms with Gasteiger partial charge in [0.05, 0.1) is 7.11 Å². The van der Waals surface area contributed by atoms with Crippen molar-refractivity contribution in [3.63, 3.8) is 0 Å². The monoisotopic (exact) mass is 325 g/mol. The van der Waals surface area contributed by atoms with Gasteiger partial charge in [0, 0.05) is 36.6 Å². The van der Waals surface area contributed by atoms with Crippen molar-refractivity contribution < 1.29 is 23.0 Å². The Hall–Kier alpha value is -2.64. The topological polar surface area (TPSA) is 65.4 Å². The van der Waals surface area contributed by atoms with E-state index in [4.69, 9.17) is 4.74 Å². The molecule has 0 saturated carbocycles. The second-order valence-corrected chi connectivity index (χ2v) is 4.74. The first-order valence-corrected chi connectivity index (χ1v) is 6.90. The average molecular weight is 325 g/mol. The van der Waals surface area contributed by atoms with Gasteiger partial charge in [-0.1, -0.05) is 0 Å². The van der Waals surface area contributed by atoms with E-state index >= 15 is 0 Å². The smallest absolute Gasteiger partial charge is 0.387 e. The highest BCUT2D eigenvalue weighted by Crippen LogP contribution is 2.31. The van der Waals surface area contributed by atoms with Gasteiger partial charge in [0.1, 0.15) is 0 Å². The molecular formula is C15H17F2N3O3. The average Bonchev–Trinajstić information content (AvgIpc) is 2.91. The molecule has 1 aromatic carbocycles. The zero-order valence-electron chi connectivity index (χ0n) is 12.8. The number of hydrogen-bond donors (Lipinski definition) is 1. The largest absolute Gasteiger partial charge is 0.493 e. The third-order valence-electron chi connectivity index (χ3n) is 3.14. The number of carbonyl (C=O) groups is 1. The van der Waals surface area contributed by atoms with E-state index in [9.17, 15) is 13.6 Å². The number of aryl methyl sites for hydroxylation is 2. The van der Waals surface area contributed by atoms with Gasteiger partial charge in [-0.3, -0.25) is 9.48 Å². The van der Waals surface area contributed by atoms with Gasteiger partial charge in [0.25, 0.3) is 0 Å². The van der Waals surface area contributed by atoms with Crippen LogP contribution in [-0.4, -0.2) is 29.4 Å². The third kappa shape index (κ3) is 4.67. The number of halogens is 2. The minimum Gasteiger partial charge on any atom is -0.493 e. The Kier molecular flexibility index (Phi) is 5.51. The SMILES string of the molecule is COc1cc(NC(=O)CCn2nccc2C)ccc1OC(F)F. The third-order valence-corrected chi connectivity index (χ3v) is 3.14. The summed E-state index contributed by atoms with van der Waals surface area (Å²) in [5.74, 6) is -0.192. The Bertz CT molecular complexity index is 674. The number of amides is 1. The molecule has 0 bridgehead atoms. The number of benzene rings is 1. The highest BCUT2D eigenvalue weighted by Gasteiger charge is 2.12. The molecule has 0 radical (unpaired) electrons. The van der Waals surface area contributed by atoms with Crippen molar-refractivity contribution in [1.29, 1.82) is 0 Å². The van der Waals surface area contributed by atoms with Crippen LogP contribution in [0.5, 0.6) is 11.5 Å². The summed E-state index contributed by atoms with van der Waals surface area (Å²) in [6, 6.07) is 6.06. The summed E-state index contributed by atoms with van der Waals surface area (Å²) in [4.78, 5) is 11.9. The lowest BCUT2D eigenvalue weighted by molar-refractivity contribution is -0.116. The molecule has 0 atom stereocenters.